The summed E-state index contributed by atoms with van der Waals surface area (Å²) in [6, 6.07) is 5.74. The minimum atomic E-state index is -4.48. The maximum Gasteiger partial charge on any atom is 0.417 e. The molecule has 1 N–H and O–H groups in total. The molecule has 1 aromatic carbocycles. The topological polar surface area (TPSA) is 81.7 Å². The van der Waals surface area contributed by atoms with Gasteiger partial charge in [0.05, 0.1) is 17.2 Å². The van der Waals surface area contributed by atoms with Gasteiger partial charge >= 0.3 is 12.6 Å². The largest absolute Gasteiger partial charge is 0.417 e. The van der Waals surface area contributed by atoms with Gasteiger partial charge in [-0.2, -0.15) is 22.0 Å². The van der Waals surface area contributed by atoms with Gasteiger partial charge in [-0.05, 0) is 23.8 Å². The van der Waals surface area contributed by atoms with Gasteiger partial charge in [-0.1, -0.05) is 19.6 Å². The van der Waals surface area contributed by atoms with Crippen LogP contribution in [0, 0.1) is 5.82 Å². The molecule has 4 rings (SSSR count). The third-order valence-corrected chi connectivity index (χ3v) is 4.57. The Labute approximate surface area is 189 Å². The Morgan fingerprint density at radius 3 is 2.24 bits per heavy atom. The Bertz CT molecular complexity index is 1200. The lowest BCUT2D eigenvalue weighted by molar-refractivity contribution is -0.137. The van der Waals surface area contributed by atoms with Crippen LogP contribution in [0.1, 0.15) is 36.9 Å². The van der Waals surface area contributed by atoms with Crippen molar-refractivity contribution in [3.8, 4) is 11.5 Å². The number of rotatable bonds is 7. The van der Waals surface area contributed by atoms with Crippen LogP contribution in [-0.2, 0) is 12.7 Å². The number of hydrogen-bond donors (Lipinski definition) is 1. The van der Waals surface area contributed by atoms with Crippen LogP contribution in [0.3, 0.4) is 0 Å². The molecule has 0 aliphatic rings. The maximum absolute atomic E-state index is 13.4. The van der Waals surface area contributed by atoms with Crippen molar-refractivity contribution >= 4 is 5.95 Å². The van der Waals surface area contributed by atoms with Crippen LogP contribution >= 0.6 is 0 Å². The summed E-state index contributed by atoms with van der Waals surface area (Å²) < 4.78 is 83.5. The Kier molecular flexibility index (Phi) is 7.23. The molecule has 1 atom stereocenters. The summed E-state index contributed by atoms with van der Waals surface area (Å²) in [5, 5.41) is 9.71. The van der Waals surface area contributed by atoms with Gasteiger partial charge < -0.3 is 14.3 Å². The molecule has 0 saturated heterocycles. The van der Waals surface area contributed by atoms with E-state index in [4.69, 9.17) is 4.42 Å². The lowest BCUT2D eigenvalue weighted by Gasteiger charge is -2.20. The zero-order chi connectivity index (χ0) is 23.6. The molecule has 0 amide bonds. The maximum atomic E-state index is 13.4. The second-order valence-electron chi connectivity index (χ2n) is 6.88. The molecular weight excluding hydrogens is 466 g/mol. The molecule has 3 heterocycles. The van der Waals surface area contributed by atoms with E-state index in [2.05, 4.69) is 25.5 Å². The van der Waals surface area contributed by atoms with E-state index in [0.29, 0.717) is 5.56 Å². The van der Waals surface area contributed by atoms with E-state index >= 15 is 0 Å². The number of aromatic nitrogens is 5. The monoisotopic (exact) mass is 484 g/mol. The lowest BCUT2D eigenvalue weighted by Crippen LogP contribution is -2.18. The minimum absolute atomic E-state index is 0. The number of hydrogen-bond acceptors (Lipinski definition) is 6. The van der Waals surface area contributed by atoms with Crippen molar-refractivity contribution in [2.75, 3.05) is 5.32 Å². The van der Waals surface area contributed by atoms with E-state index in [-0.39, 0.29) is 31.4 Å². The number of alkyl halides is 5. The Balaban J connectivity index is 0.00000324. The molecule has 0 saturated carbocycles. The molecule has 7 nitrogen and oxygen atoms in total. The van der Waals surface area contributed by atoms with Crippen molar-refractivity contribution in [2.45, 2.75) is 32.6 Å². The molecule has 3 aromatic heterocycles. The van der Waals surface area contributed by atoms with Crippen LogP contribution in [0.5, 0.6) is 0 Å². The zero-order valence-corrected chi connectivity index (χ0v) is 16.5. The molecule has 0 bridgehead atoms. The van der Waals surface area contributed by atoms with E-state index in [1.807, 2.05) is 0 Å². The van der Waals surface area contributed by atoms with Crippen LogP contribution in [-0.4, -0.2) is 24.7 Å². The van der Waals surface area contributed by atoms with Gasteiger partial charge in [0.2, 0.25) is 5.95 Å². The smallest absolute Gasteiger partial charge is 0.415 e. The standard InChI is InChI=1S/C20H14F6N6O.CH4/c21-14-3-1-11(2-4-14)15(10-32-6-5-13(9-32)20(24,25)26)29-19-27-7-12(8-28-19)17-30-31-18(33-17)16(22)23;/h1-9,15-16H,10H2,(H,27,28,29);1H4. The fraction of sp³-hybridized carbons (Fsp3) is 0.238. The number of nitrogens with one attached hydrogen (secondary N) is 1. The van der Waals surface area contributed by atoms with Gasteiger partial charge in [0, 0.05) is 31.3 Å². The number of halogens is 6. The Morgan fingerprint density at radius 2 is 1.68 bits per heavy atom. The lowest BCUT2D eigenvalue weighted by atomic mass is 10.1. The highest BCUT2D eigenvalue weighted by Crippen LogP contribution is 2.30. The Morgan fingerprint density at radius 1 is 1.00 bits per heavy atom. The average Bonchev–Trinajstić information content (AvgIpc) is 3.44. The summed E-state index contributed by atoms with van der Waals surface area (Å²) in [5.41, 5.74) is -0.0352. The third-order valence-electron chi connectivity index (χ3n) is 4.57. The Hall–Kier alpha value is -3.90. The van der Waals surface area contributed by atoms with E-state index in [0.717, 1.165) is 12.3 Å². The first-order valence-electron chi connectivity index (χ1n) is 9.38. The van der Waals surface area contributed by atoms with Crippen LogP contribution in [0.2, 0.25) is 0 Å². The predicted molar refractivity (Wildman–Crippen MR) is 109 cm³/mol. The van der Waals surface area contributed by atoms with Crippen LogP contribution < -0.4 is 5.32 Å². The van der Waals surface area contributed by atoms with E-state index in [1.54, 1.807) is 0 Å². The number of nitrogens with zero attached hydrogens (tertiary/aromatic N) is 5. The van der Waals surface area contributed by atoms with E-state index in [9.17, 15) is 26.3 Å². The number of anilines is 1. The molecular formula is C21H18F6N6O. The molecule has 180 valence electrons. The molecule has 0 spiro atoms. The molecule has 1 unspecified atom stereocenters. The van der Waals surface area contributed by atoms with Crippen molar-refractivity contribution in [3.05, 3.63) is 78.0 Å². The van der Waals surface area contributed by atoms with Crippen molar-refractivity contribution in [1.29, 1.82) is 0 Å². The van der Waals surface area contributed by atoms with Gasteiger partial charge in [-0.3, -0.25) is 0 Å². The normalized spacial score (nSPS) is 12.4. The first-order valence-corrected chi connectivity index (χ1v) is 9.38. The fourth-order valence-electron chi connectivity index (χ4n) is 2.97. The highest BCUT2D eigenvalue weighted by Gasteiger charge is 2.31. The van der Waals surface area contributed by atoms with Crippen molar-refractivity contribution in [1.82, 2.24) is 24.7 Å². The predicted octanol–water partition coefficient (Wildman–Crippen LogP) is 5.91. The van der Waals surface area contributed by atoms with Gasteiger partial charge in [-0.25, -0.2) is 14.4 Å². The summed E-state index contributed by atoms with van der Waals surface area (Å²) in [6.07, 6.45) is -2.65. The van der Waals surface area contributed by atoms with Crippen LogP contribution in [0.15, 0.2) is 59.5 Å². The summed E-state index contributed by atoms with van der Waals surface area (Å²) in [7, 11) is 0. The fourth-order valence-corrected chi connectivity index (χ4v) is 2.97. The summed E-state index contributed by atoms with van der Waals surface area (Å²) in [5.74, 6) is -1.42. The number of benzene rings is 1. The quantitative estimate of drug-likeness (QED) is 0.328. The van der Waals surface area contributed by atoms with Gasteiger partial charge in [0.15, 0.2) is 0 Å². The first-order chi connectivity index (χ1) is 15.7. The summed E-state index contributed by atoms with van der Waals surface area (Å²) in [6.45, 7) is 0.0498. The molecule has 0 aliphatic carbocycles. The van der Waals surface area contributed by atoms with Gasteiger partial charge in [-0.15, -0.1) is 10.2 Å². The highest BCUT2D eigenvalue weighted by atomic mass is 19.4. The average molecular weight is 484 g/mol. The summed E-state index contributed by atoms with van der Waals surface area (Å²) >= 11 is 0. The van der Waals surface area contributed by atoms with Crippen molar-refractivity contribution in [3.63, 3.8) is 0 Å². The molecule has 4 aromatic rings. The third kappa shape index (κ3) is 5.71. The van der Waals surface area contributed by atoms with E-state index < -0.39 is 35.9 Å². The molecule has 0 radical (unpaired) electrons. The van der Waals surface area contributed by atoms with Crippen LogP contribution in [0.25, 0.3) is 11.5 Å². The van der Waals surface area contributed by atoms with Crippen molar-refractivity contribution in [2.24, 2.45) is 0 Å². The molecule has 0 aliphatic heterocycles. The SMILES string of the molecule is C.Fc1ccc(C(Cn2ccc(C(F)(F)F)c2)Nc2ncc(-c3nnc(C(F)F)o3)cn2)cc1. The molecule has 13 heteroatoms. The van der Waals surface area contributed by atoms with Crippen LogP contribution in [0.4, 0.5) is 32.3 Å². The van der Waals surface area contributed by atoms with E-state index in [1.165, 1.54) is 47.4 Å². The molecule has 0 fully saturated rings. The zero-order valence-electron chi connectivity index (χ0n) is 16.5. The second-order valence-corrected chi connectivity index (χ2v) is 6.88. The first kappa shape index (κ1) is 24.7. The molecule has 34 heavy (non-hydrogen) atoms. The van der Waals surface area contributed by atoms with Gasteiger partial charge in [0.1, 0.15) is 5.82 Å². The van der Waals surface area contributed by atoms with Crippen molar-refractivity contribution < 1.29 is 30.8 Å². The summed E-state index contributed by atoms with van der Waals surface area (Å²) in [4.78, 5) is 8.15. The highest BCUT2D eigenvalue weighted by molar-refractivity contribution is 5.50. The minimum Gasteiger partial charge on any atom is -0.415 e. The second kappa shape index (κ2) is 9.93. The van der Waals surface area contributed by atoms with Gasteiger partial charge in [0.25, 0.3) is 11.8 Å².